The molecule has 0 unspecified atom stereocenters. The molecule has 0 bridgehead atoms. The molecule has 0 N–H and O–H groups in total. The zero-order valence-electron chi connectivity index (χ0n) is 18.6. The minimum absolute atomic E-state index is 0.692. The molecule has 5 rings (SSSR count). The molecule has 3 heteroatoms. The highest BCUT2D eigenvalue weighted by Crippen LogP contribution is 2.47. The lowest BCUT2D eigenvalue weighted by Crippen LogP contribution is -2.56. The summed E-state index contributed by atoms with van der Waals surface area (Å²) >= 11 is 0. The Morgan fingerprint density at radius 2 is 1.47 bits per heavy atom. The fourth-order valence-electron chi connectivity index (χ4n) is 4.60. The number of nitrogens with zero attached hydrogens (tertiary/aromatic N) is 1. The van der Waals surface area contributed by atoms with Gasteiger partial charge in [0.15, 0.2) is 0 Å². The minimum Gasteiger partial charge on any atom is -0.464 e. The van der Waals surface area contributed by atoms with Crippen molar-refractivity contribution in [2.75, 3.05) is 26.3 Å². The summed E-state index contributed by atoms with van der Waals surface area (Å²) in [5.41, 5.74) is 5.84. The number of ether oxygens (including phenoxy) is 2. The van der Waals surface area contributed by atoms with Crippen molar-refractivity contribution in [1.29, 1.82) is 0 Å². The van der Waals surface area contributed by atoms with Gasteiger partial charge in [0.05, 0.1) is 13.2 Å². The van der Waals surface area contributed by atoms with Crippen LogP contribution in [0.2, 0.25) is 0 Å². The maximum atomic E-state index is 6.90. The number of benzene rings is 3. The van der Waals surface area contributed by atoms with E-state index < -0.39 is 5.72 Å². The van der Waals surface area contributed by atoms with E-state index in [1.165, 1.54) is 5.56 Å². The van der Waals surface area contributed by atoms with Gasteiger partial charge in [0.1, 0.15) is 5.75 Å². The van der Waals surface area contributed by atoms with Crippen molar-refractivity contribution < 1.29 is 9.47 Å². The molecule has 3 aromatic rings. The van der Waals surface area contributed by atoms with Crippen LogP contribution in [-0.2, 0) is 10.5 Å². The summed E-state index contributed by atoms with van der Waals surface area (Å²) in [6, 6.07) is 27.1. The number of para-hydroxylation sites is 1. The third-order valence-corrected chi connectivity index (χ3v) is 6.30. The summed E-state index contributed by atoms with van der Waals surface area (Å²) in [5, 5.41) is 0. The molecule has 0 saturated carbocycles. The molecule has 2 aliphatic rings. The van der Waals surface area contributed by atoms with Crippen LogP contribution in [0, 0.1) is 18.8 Å². The van der Waals surface area contributed by atoms with Crippen molar-refractivity contribution in [2.45, 2.75) is 19.6 Å². The second-order valence-corrected chi connectivity index (χ2v) is 8.32. The molecule has 32 heavy (non-hydrogen) atoms. The maximum absolute atomic E-state index is 6.90. The van der Waals surface area contributed by atoms with Crippen LogP contribution in [0.1, 0.15) is 29.2 Å². The van der Waals surface area contributed by atoms with Gasteiger partial charge in [0.2, 0.25) is 5.72 Å². The highest BCUT2D eigenvalue weighted by atomic mass is 16.5. The van der Waals surface area contributed by atoms with E-state index in [2.05, 4.69) is 85.2 Å². The number of hydrogen-bond donors (Lipinski definition) is 0. The van der Waals surface area contributed by atoms with Gasteiger partial charge in [0, 0.05) is 40.9 Å². The van der Waals surface area contributed by atoms with Gasteiger partial charge < -0.3 is 9.47 Å². The first-order chi connectivity index (χ1) is 15.7. The lowest BCUT2D eigenvalue weighted by molar-refractivity contribution is -0.106. The Kier molecular flexibility index (Phi) is 5.57. The fourth-order valence-corrected chi connectivity index (χ4v) is 4.60. The van der Waals surface area contributed by atoms with E-state index in [1.54, 1.807) is 0 Å². The lowest BCUT2D eigenvalue weighted by Gasteiger charge is -2.48. The summed E-state index contributed by atoms with van der Waals surface area (Å²) in [6.45, 7) is 7.24. The van der Waals surface area contributed by atoms with Gasteiger partial charge in [-0.25, -0.2) is 0 Å². The Balaban J connectivity index is 1.72. The van der Waals surface area contributed by atoms with E-state index >= 15 is 0 Å². The first-order valence-electron chi connectivity index (χ1n) is 11.2. The Morgan fingerprint density at radius 3 is 2.22 bits per heavy atom. The summed E-state index contributed by atoms with van der Waals surface area (Å²) < 4.78 is 12.6. The standard InChI is InChI=1S/C29H27NO2/c1-22-12-14-24(15-13-22)16-17-26-23(2)29(25-8-4-3-5-9-25,30-18-20-31-21-19-30)32-28-11-7-6-10-27(26)28/h3-15H,18-21H2,1-2H3/t29-/m0/s1. The van der Waals surface area contributed by atoms with Crippen LogP contribution in [0.3, 0.4) is 0 Å². The van der Waals surface area contributed by atoms with Gasteiger partial charge in [-0.3, -0.25) is 4.90 Å². The molecule has 1 atom stereocenters. The van der Waals surface area contributed by atoms with Crippen LogP contribution >= 0.6 is 0 Å². The zero-order chi connectivity index (χ0) is 22.0. The van der Waals surface area contributed by atoms with Gasteiger partial charge in [-0.05, 0) is 38.1 Å². The van der Waals surface area contributed by atoms with Gasteiger partial charge in [-0.15, -0.1) is 0 Å². The second-order valence-electron chi connectivity index (χ2n) is 8.32. The van der Waals surface area contributed by atoms with Gasteiger partial charge in [0.25, 0.3) is 0 Å². The molecule has 2 heterocycles. The average molecular weight is 422 g/mol. The number of rotatable bonds is 2. The van der Waals surface area contributed by atoms with Crippen LogP contribution in [0.15, 0.2) is 84.4 Å². The summed E-state index contributed by atoms with van der Waals surface area (Å²) in [4.78, 5) is 2.39. The molecule has 0 aliphatic carbocycles. The molecule has 3 nitrogen and oxygen atoms in total. The average Bonchev–Trinajstić information content (AvgIpc) is 2.85. The maximum Gasteiger partial charge on any atom is 0.213 e. The molecule has 0 spiro atoms. The molecular formula is C29H27NO2. The molecule has 0 radical (unpaired) electrons. The molecule has 2 aliphatic heterocycles. The Labute approximate surface area is 190 Å². The molecule has 0 amide bonds. The normalized spacial score (nSPS) is 20.7. The number of aryl methyl sites for hydroxylation is 1. The van der Waals surface area contributed by atoms with Crippen molar-refractivity contribution in [2.24, 2.45) is 0 Å². The summed E-state index contributed by atoms with van der Waals surface area (Å²) in [5.74, 6) is 7.78. The number of fused-ring (bicyclic) bond motifs is 1. The highest BCUT2D eigenvalue weighted by molar-refractivity contribution is 5.87. The monoisotopic (exact) mass is 421 g/mol. The van der Waals surface area contributed by atoms with E-state index in [0.29, 0.717) is 13.2 Å². The molecule has 1 fully saturated rings. The van der Waals surface area contributed by atoms with Gasteiger partial charge in [-0.1, -0.05) is 72.0 Å². The first kappa shape index (κ1) is 20.6. The molecule has 160 valence electrons. The van der Waals surface area contributed by atoms with Crippen molar-refractivity contribution in [3.8, 4) is 17.6 Å². The van der Waals surface area contributed by atoms with E-state index in [0.717, 1.165) is 46.7 Å². The van der Waals surface area contributed by atoms with Crippen LogP contribution < -0.4 is 4.74 Å². The Morgan fingerprint density at radius 1 is 0.781 bits per heavy atom. The van der Waals surface area contributed by atoms with Crippen molar-refractivity contribution >= 4 is 5.57 Å². The fraction of sp³-hybridized carbons (Fsp3) is 0.241. The summed E-state index contributed by atoms with van der Waals surface area (Å²) in [7, 11) is 0. The zero-order valence-corrected chi connectivity index (χ0v) is 18.6. The predicted molar refractivity (Wildman–Crippen MR) is 128 cm³/mol. The van der Waals surface area contributed by atoms with Gasteiger partial charge in [-0.2, -0.15) is 0 Å². The van der Waals surface area contributed by atoms with E-state index in [4.69, 9.17) is 9.47 Å². The van der Waals surface area contributed by atoms with Crippen molar-refractivity contribution in [3.63, 3.8) is 0 Å². The number of hydrogen-bond acceptors (Lipinski definition) is 3. The third-order valence-electron chi connectivity index (χ3n) is 6.30. The third kappa shape index (κ3) is 3.62. The molecule has 1 saturated heterocycles. The lowest BCUT2D eigenvalue weighted by atomic mass is 9.84. The van der Waals surface area contributed by atoms with Crippen LogP contribution in [-0.4, -0.2) is 31.2 Å². The smallest absolute Gasteiger partial charge is 0.213 e. The van der Waals surface area contributed by atoms with Crippen molar-refractivity contribution in [1.82, 2.24) is 4.90 Å². The minimum atomic E-state index is -0.712. The Hall–Kier alpha value is -3.32. The largest absolute Gasteiger partial charge is 0.464 e. The molecular weight excluding hydrogens is 394 g/mol. The predicted octanol–water partition coefficient (Wildman–Crippen LogP) is 5.40. The molecule has 0 aromatic heterocycles. The van der Waals surface area contributed by atoms with Crippen LogP contribution in [0.4, 0.5) is 0 Å². The topological polar surface area (TPSA) is 21.7 Å². The summed E-state index contributed by atoms with van der Waals surface area (Å²) in [6.07, 6.45) is 0. The van der Waals surface area contributed by atoms with Gasteiger partial charge >= 0.3 is 0 Å². The number of allylic oxidation sites excluding steroid dienone is 1. The SMILES string of the molecule is CC1=C(C#Cc2ccc(C)cc2)c2ccccc2O[C@@]1(c1ccccc1)N1CCOCC1. The quantitative estimate of drug-likeness (QED) is 0.517. The second kappa shape index (κ2) is 8.67. The Bertz CT molecular complexity index is 1200. The van der Waals surface area contributed by atoms with E-state index in [-0.39, 0.29) is 0 Å². The van der Waals surface area contributed by atoms with Crippen LogP contribution in [0.5, 0.6) is 5.75 Å². The van der Waals surface area contributed by atoms with Crippen LogP contribution in [0.25, 0.3) is 5.57 Å². The molecule has 3 aromatic carbocycles. The van der Waals surface area contributed by atoms with Crippen molar-refractivity contribution in [3.05, 3.63) is 107 Å². The van der Waals surface area contributed by atoms with E-state index in [9.17, 15) is 0 Å². The highest BCUT2D eigenvalue weighted by Gasteiger charge is 2.47. The van der Waals surface area contributed by atoms with E-state index in [1.807, 2.05) is 24.3 Å². The first-order valence-corrected chi connectivity index (χ1v) is 11.2. The number of morpholine rings is 1.